The van der Waals surface area contributed by atoms with Gasteiger partial charge in [0.05, 0.1) is 18.1 Å². The van der Waals surface area contributed by atoms with Crippen LogP contribution in [0.1, 0.15) is 22.5 Å². The number of aromatic nitrogens is 2. The number of methoxy groups -OCH3 is 1. The molecule has 0 unspecified atom stereocenters. The molecule has 0 amide bonds. The van der Waals surface area contributed by atoms with Crippen LogP contribution < -0.4 is 14.8 Å². The molecule has 0 radical (unpaired) electrons. The number of hydrogen-bond acceptors (Lipinski definition) is 4. The Morgan fingerprint density at radius 3 is 2.61 bits per heavy atom. The third-order valence-electron chi connectivity index (χ3n) is 5.14. The number of fused-ring (bicyclic) bond motifs is 1. The van der Waals surface area contributed by atoms with Crippen LogP contribution in [0.2, 0.25) is 5.02 Å². The SMILES string of the molecule is COc1cc(CNCCc2nc3ccccc3[nH]2)c(Cl)cc1OCc1ccc(C)cc1. The highest BCUT2D eigenvalue weighted by Gasteiger charge is 2.11. The fraction of sp³-hybridized carbons (Fsp3) is 0.240. The molecule has 0 saturated carbocycles. The zero-order chi connectivity index (χ0) is 21.6. The number of aryl methyl sites for hydroxylation is 1. The third-order valence-corrected chi connectivity index (χ3v) is 5.49. The fourth-order valence-electron chi connectivity index (χ4n) is 3.38. The Balaban J connectivity index is 1.34. The van der Waals surface area contributed by atoms with Gasteiger partial charge in [-0.2, -0.15) is 0 Å². The Labute approximate surface area is 187 Å². The van der Waals surface area contributed by atoms with Crippen LogP contribution in [-0.4, -0.2) is 23.6 Å². The van der Waals surface area contributed by atoms with E-state index >= 15 is 0 Å². The van der Waals surface area contributed by atoms with Crippen LogP contribution in [0.4, 0.5) is 0 Å². The van der Waals surface area contributed by atoms with Crippen molar-refractivity contribution >= 4 is 22.6 Å². The number of para-hydroxylation sites is 2. The van der Waals surface area contributed by atoms with Crippen molar-refractivity contribution in [1.29, 1.82) is 0 Å². The molecule has 0 spiro atoms. The molecule has 0 fully saturated rings. The molecule has 5 nitrogen and oxygen atoms in total. The first-order valence-corrected chi connectivity index (χ1v) is 10.7. The summed E-state index contributed by atoms with van der Waals surface area (Å²) in [7, 11) is 1.64. The summed E-state index contributed by atoms with van der Waals surface area (Å²) in [5, 5.41) is 4.08. The van der Waals surface area contributed by atoms with Gasteiger partial charge in [0.25, 0.3) is 0 Å². The van der Waals surface area contributed by atoms with Crippen LogP contribution in [0.25, 0.3) is 11.0 Å². The first-order valence-electron chi connectivity index (χ1n) is 10.3. The van der Waals surface area contributed by atoms with Gasteiger partial charge in [-0.25, -0.2) is 4.98 Å². The normalized spacial score (nSPS) is 11.1. The minimum absolute atomic E-state index is 0.460. The summed E-state index contributed by atoms with van der Waals surface area (Å²) in [6.45, 7) is 3.94. The largest absolute Gasteiger partial charge is 0.493 e. The highest BCUT2D eigenvalue weighted by molar-refractivity contribution is 6.31. The van der Waals surface area contributed by atoms with Crippen LogP contribution in [0, 0.1) is 6.92 Å². The molecule has 4 aromatic rings. The number of aromatic amines is 1. The van der Waals surface area contributed by atoms with Gasteiger partial charge in [-0.3, -0.25) is 0 Å². The maximum absolute atomic E-state index is 6.52. The standard InChI is InChI=1S/C25H26ClN3O2/c1-17-7-9-18(10-8-17)16-31-24-14-20(26)19(13-23(24)30-2)15-27-12-11-25-28-21-5-3-4-6-22(21)29-25/h3-10,13-14,27H,11-12,15-16H2,1-2H3,(H,28,29). The van der Waals surface area contributed by atoms with E-state index in [-0.39, 0.29) is 0 Å². The minimum Gasteiger partial charge on any atom is -0.493 e. The number of ether oxygens (including phenoxy) is 2. The molecule has 0 aliphatic carbocycles. The van der Waals surface area contributed by atoms with Gasteiger partial charge < -0.3 is 19.8 Å². The van der Waals surface area contributed by atoms with Gasteiger partial charge in [0, 0.05) is 30.6 Å². The smallest absolute Gasteiger partial charge is 0.163 e. The number of nitrogens with zero attached hydrogens (tertiary/aromatic N) is 1. The Hall–Kier alpha value is -3.02. The molecular weight excluding hydrogens is 410 g/mol. The van der Waals surface area contributed by atoms with E-state index in [1.807, 2.05) is 36.4 Å². The third kappa shape index (κ3) is 5.37. The lowest BCUT2D eigenvalue weighted by atomic mass is 10.1. The molecule has 6 heteroatoms. The number of imidazole rings is 1. The summed E-state index contributed by atoms with van der Waals surface area (Å²) in [5.74, 6) is 2.28. The first-order chi connectivity index (χ1) is 15.1. The van der Waals surface area contributed by atoms with Crippen molar-refractivity contribution in [1.82, 2.24) is 15.3 Å². The highest BCUT2D eigenvalue weighted by Crippen LogP contribution is 2.34. The molecule has 160 valence electrons. The summed E-state index contributed by atoms with van der Waals surface area (Å²) in [5.41, 5.74) is 5.34. The van der Waals surface area contributed by atoms with E-state index in [4.69, 9.17) is 21.1 Å². The van der Waals surface area contributed by atoms with Crippen molar-refractivity contribution in [3.05, 3.63) is 88.2 Å². The zero-order valence-electron chi connectivity index (χ0n) is 17.7. The molecule has 0 bridgehead atoms. The second-order valence-corrected chi connectivity index (χ2v) is 7.90. The van der Waals surface area contributed by atoms with E-state index in [0.717, 1.165) is 41.0 Å². The maximum atomic E-state index is 6.52. The number of halogens is 1. The van der Waals surface area contributed by atoms with Crippen molar-refractivity contribution in [2.45, 2.75) is 26.5 Å². The Kier molecular flexibility index (Phi) is 6.75. The van der Waals surface area contributed by atoms with Gasteiger partial charge in [0.2, 0.25) is 0 Å². The molecule has 2 N–H and O–H groups in total. The van der Waals surface area contributed by atoms with Gasteiger partial charge in [-0.15, -0.1) is 0 Å². The van der Waals surface area contributed by atoms with Gasteiger partial charge in [-0.05, 0) is 36.2 Å². The Morgan fingerprint density at radius 2 is 1.84 bits per heavy atom. The molecule has 0 aliphatic heterocycles. The van der Waals surface area contributed by atoms with Crippen molar-refractivity contribution in [2.75, 3.05) is 13.7 Å². The summed E-state index contributed by atoms with van der Waals surface area (Å²) in [4.78, 5) is 7.95. The van der Waals surface area contributed by atoms with Crippen LogP contribution in [0.15, 0.2) is 60.7 Å². The van der Waals surface area contributed by atoms with E-state index in [2.05, 4.69) is 46.5 Å². The van der Waals surface area contributed by atoms with Gasteiger partial charge in [0.15, 0.2) is 11.5 Å². The molecular formula is C25H26ClN3O2. The summed E-state index contributed by atoms with van der Waals surface area (Å²) in [6.07, 6.45) is 0.807. The molecule has 0 atom stereocenters. The lowest BCUT2D eigenvalue weighted by Crippen LogP contribution is -2.17. The molecule has 3 aromatic carbocycles. The monoisotopic (exact) mass is 435 g/mol. The molecule has 31 heavy (non-hydrogen) atoms. The number of rotatable bonds is 9. The second-order valence-electron chi connectivity index (χ2n) is 7.50. The number of H-pyrrole nitrogens is 1. The predicted molar refractivity (Wildman–Crippen MR) is 125 cm³/mol. The van der Waals surface area contributed by atoms with Crippen molar-refractivity contribution in [3.63, 3.8) is 0 Å². The zero-order valence-corrected chi connectivity index (χ0v) is 18.5. The van der Waals surface area contributed by atoms with Crippen molar-refractivity contribution in [3.8, 4) is 11.5 Å². The second kappa shape index (κ2) is 9.86. The van der Waals surface area contributed by atoms with Crippen LogP contribution in [0.3, 0.4) is 0 Å². The topological polar surface area (TPSA) is 59.2 Å². The Bertz CT molecular complexity index is 1120. The molecule has 1 heterocycles. The molecule has 1 aromatic heterocycles. The number of nitrogens with one attached hydrogen (secondary N) is 2. The minimum atomic E-state index is 0.460. The van der Waals surface area contributed by atoms with Crippen LogP contribution in [0.5, 0.6) is 11.5 Å². The van der Waals surface area contributed by atoms with Crippen LogP contribution >= 0.6 is 11.6 Å². The van der Waals surface area contributed by atoms with Crippen molar-refractivity contribution in [2.24, 2.45) is 0 Å². The van der Waals surface area contributed by atoms with Gasteiger partial charge in [0.1, 0.15) is 12.4 Å². The van der Waals surface area contributed by atoms with Gasteiger partial charge in [-0.1, -0.05) is 53.6 Å². The average Bonchev–Trinajstić information content (AvgIpc) is 3.20. The predicted octanol–water partition coefficient (Wildman–Crippen LogP) is 5.44. The van der Waals surface area contributed by atoms with E-state index in [1.54, 1.807) is 7.11 Å². The molecule has 0 aliphatic rings. The van der Waals surface area contributed by atoms with Gasteiger partial charge >= 0.3 is 0 Å². The highest BCUT2D eigenvalue weighted by atomic mass is 35.5. The van der Waals surface area contributed by atoms with E-state index < -0.39 is 0 Å². The van der Waals surface area contributed by atoms with Crippen LogP contribution in [-0.2, 0) is 19.6 Å². The lowest BCUT2D eigenvalue weighted by Gasteiger charge is -2.14. The summed E-state index contributed by atoms with van der Waals surface area (Å²) in [6, 6.07) is 20.1. The number of benzene rings is 3. The Morgan fingerprint density at radius 1 is 1.03 bits per heavy atom. The van der Waals surface area contributed by atoms with Crippen molar-refractivity contribution < 1.29 is 9.47 Å². The summed E-state index contributed by atoms with van der Waals surface area (Å²) < 4.78 is 11.5. The maximum Gasteiger partial charge on any atom is 0.163 e. The quantitative estimate of drug-likeness (QED) is 0.343. The van der Waals surface area contributed by atoms with E-state index in [1.165, 1.54) is 5.56 Å². The molecule has 0 saturated heterocycles. The lowest BCUT2D eigenvalue weighted by molar-refractivity contribution is 0.284. The number of hydrogen-bond donors (Lipinski definition) is 2. The van der Waals surface area contributed by atoms with E-state index in [0.29, 0.717) is 29.7 Å². The van der Waals surface area contributed by atoms with E-state index in [9.17, 15) is 0 Å². The molecule has 4 rings (SSSR count). The first kappa shape index (κ1) is 21.2. The fourth-order valence-corrected chi connectivity index (χ4v) is 3.60. The summed E-state index contributed by atoms with van der Waals surface area (Å²) >= 11 is 6.52. The average molecular weight is 436 g/mol.